The van der Waals surface area contributed by atoms with Gasteiger partial charge in [0, 0.05) is 6.04 Å². The Morgan fingerprint density at radius 2 is 2.00 bits per heavy atom. The predicted octanol–water partition coefficient (Wildman–Crippen LogP) is 2.59. The van der Waals surface area contributed by atoms with Crippen molar-refractivity contribution in [3.05, 3.63) is 35.1 Å². The Morgan fingerprint density at radius 3 is 2.43 bits per heavy atom. The molecule has 1 aromatic carbocycles. The van der Waals surface area contributed by atoms with Crippen LogP contribution in [0.2, 0.25) is 0 Å². The van der Waals surface area contributed by atoms with Gasteiger partial charge in [-0.2, -0.15) is 13.2 Å². The molecule has 0 bridgehead atoms. The summed E-state index contributed by atoms with van der Waals surface area (Å²) in [6.07, 6.45) is -3.45. The number of amides is 1. The second-order valence-electron chi connectivity index (χ2n) is 4.76. The molecule has 1 saturated carbocycles. The van der Waals surface area contributed by atoms with Crippen LogP contribution in [0.25, 0.3) is 0 Å². The van der Waals surface area contributed by atoms with Crippen molar-refractivity contribution in [3.63, 3.8) is 0 Å². The lowest BCUT2D eigenvalue weighted by Gasteiger charge is -2.25. The number of halogens is 4. The van der Waals surface area contributed by atoms with E-state index in [9.17, 15) is 32.3 Å². The largest absolute Gasteiger partial charge is 0.479 e. The van der Waals surface area contributed by atoms with Crippen molar-refractivity contribution in [2.45, 2.75) is 31.1 Å². The first-order valence-electron chi connectivity index (χ1n) is 6.08. The van der Waals surface area contributed by atoms with Crippen LogP contribution in [-0.4, -0.2) is 28.4 Å². The summed E-state index contributed by atoms with van der Waals surface area (Å²) in [7, 11) is 0. The van der Waals surface area contributed by atoms with Crippen LogP contribution in [0.4, 0.5) is 17.6 Å². The second-order valence-corrected chi connectivity index (χ2v) is 4.76. The van der Waals surface area contributed by atoms with E-state index in [0.717, 1.165) is 11.0 Å². The molecule has 2 rings (SSSR count). The molecule has 1 amide bonds. The summed E-state index contributed by atoms with van der Waals surface area (Å²) in [5.41, 5.74) is -1.83. The summed E-state index contributed by atoms with van der Waals surface area (Å²) in [6.45, 7) is 0. The standard InChI is InChI=1S/C13H11F4NO3/c14-10-4-1-7(5-9(10)13(15,16)17)11(12(20)21)18(6-19)8-2-3-8/h1,4-6,8,11H,2-3H2,(H,20,21). The topological polar surface area (TPSA) is 57.6 Å². The van der Waals surface area contributed by atoms with Gasteiger partial charge >= 0.3 is 12.1 Å². The van der Waals surface area contributed by atoms with Crippen molar-refractivity contribution in [2.24, 2.45) is 0 Å². The van der Waals surface area contributed by atoms with E-state index in [1.165, 1.54) is 0 Å². The molecule has 1 fully saturated rings. The number of carbonyl (C=O) groups is 2. The number of hydrogen-bond donors (Lipinski definition) is 1. The van der Waals surface area contributed by atoms with E-state index in [0.29, 0.717) is 31.4 Å². The number of carboxylic acids is 1. The van der Waals surface area contributed by atoms with Crippen LogP contribution in [0.3, 0.4) is 0 Å². The molecule has 0 aliphatic heterocycles. The number of carboxylic acid groups (broad SMARTS) is 1. The number of carbonyl (C=O) groups excluding carboxylic acids is 1. The zero-order valence-corrected chi connectivity index (χ0v) is 10.6. The molecule has 0 saturated heterocycles. The smallest absolute Gasteiger partial charge is 0.419 e. The highest BCUT2D eigenvalue weighted by atomic mass is 19.4. The van der Waals surface area contributed by atoms with E-state index >= 15 is 0 Å². The third kappa shape index (κ3) is 3.14. The molecular weight excluding hydrogens is 294 g/mol. The van der Waals surface area contributed by atoms with Gasteiger partial charge in [-0.05, 0) is 30.5 Å². The molecule has 4 nitrogen and oxygen atoms in total. The maximum absolute atomic E-state index is 13.2. The fraction of sp³-hybridized carbons (Fsp3) is 0.385. The van der Waals surface area contributed by atoms with Crippen LogP contribution in [0.5, 0.6) is 0 Å². The average Bonchev–Trinajstić information content (AvgIpc) is 3.19. The van der Waals surface area contributed by atoms with Crippen LogP contribution < -0.4 is 0 Å². The fourth-order valence-corrected chi connectivity index (χ4v) is 2.10. The molecule has 1 aromatic rings. The third-order valence-corrected chi connectivity index (χ3v) is 3.23. The van der Waals surface area contributed by atoms with Crippen molar-refractivity contribution in [2.75, 3.05) is 0 Å². The Hall–Kier alpha value is -2.12. The fourth-order valence-electron chi connectivity index (χ4n) is 2.10. The van der Waals surface area contributed by atoms with Crippen molar-refractivity contribution >= 4 is 12.4 Å². The first kappa shape index (κ1) is 15.3. The van der Waals surface area contributed by atoms with Gasteiger partial charge in [-0.15, -0.1) is 0 Å². The molecule has 0 radical (unpaired) electrons. The Kier molecular flexibility index (Phi) is 3.89. The van der Waals surface area contributed by atoms with Crippen LogP contribution in [0.1, 0.15) is 30.0 Å². The van der Waals surface area contributed by atoms with E-state index in [1.54, 1.807) is 0 Å². The minimum Gasteiger partial charge on any atom is -0.479 e. The van der Waals surface area contributed by atoms with Gasteiger partial charge in [0.05, 0.1) is 5.56 Å². The highest BCUT2D eigenvalue weighted by Crippen LogP contribution is 2.37. The average molecular weight is 305 g/mol. The van der Waals surface area contributed by atoms with Crippen molar-refractivity contribution in [1.82, 2.24) is 4.90 Å². The maximum atomic E-state index is 13.2. The number of nitrogens with zero attached hydrogens (tertiary/aromatic N) is 1. The Bertz CT molecular complexity index is 569. The first-order chi connectivity index (χ1) is 9.75. The summed E-state index contributed by atoms with van der Waals surface area (Å²) in [5.74, 6) is -2.95. The molecule has 1 aliphatic carbocycles. The van der Waals surface area contributed by atoms with Gasteiger partial charge in [-0.1, -0.05) is 6.07 Å². The first-order valence-corrected chi connectivity index (χ1v) is 6.08. The number of aliphatic carboxylic acids is 1. The van der Waals surface area contributed by atoms with E-state index in [1.807, 2.05) is 0 Å². The molecule has 8 heteroatoms. The van der Waals surface area contributed by atoms with E-state index in [4.69, 9.17) is 0 Å². The SMILES string of the molecule is O=CN(C1CC1)C(C(=O)O)c1ccc(F)c(C(F)(F)F)c1. The molecule has 0 spiro atoms. The molecule has 0 heterocycles. The van der Waals surface area contributed by atoms with Crippen LogP contribution >= 0.6 is 0 Å². The van der Waals surface area contributed by atoms with Crippen LogP contribution in [0, 0.1) is 5.82 Å². The summed E-state index contributed by atoms with van der Waals surface area (Å²) in [4.78, 5) is 23.3. The molecule has 1 aliphatic rings. The maximum Gasteiger partial charge on any atom is 0.419 e. The monoisotopic (exact) mass is 305 g/mol. The molecule has 1 N–H and O–H groups in total. The van der Waals surface area contributed by atoms with Gasteiger partial charge in [0.15, 0.2) is 6.04 Å². The minimum absolute atomic E-state index is 0.282. The lowest BCUT2D eigenvalue weighted by Crippen LogP contribution is -2.35. The predicted molar refractivity (Wildman–Crippen MR) is 62.7 cm³/mol. The van der Waals surface area contributed by atoms with Crippen LogP contribution in [0.15, 0.2) is 18.2 Å². The second kappa shape index (κ2) is 5.34. The summed E-state index contributed by atoms with van der Waals surface area (Å²) in [6, 6.07) is 0.0823. The van der Waals surface area contributed by atoms with Crippen molar-refractivity contribution in [1.29, 1.82) is 0 Å². The zero-order chi connectivity index (χ0) is 15.8. The van der Waals surface area contributed by atoms with Crippen LogP contribution in [-0.2, 0) is 15.8 Å². The third-order valence-electron chi connectivity index (χ3n) is 3.23. The highest BCUT2D eigenvalue weighted by Gasteiger charge is 2.40. The lowest BCUT2D eigenvalue weighted by atomic mass is 10.0. The van der Waals surface area contributed by atoms with Gasteiger partial charge in [0.1, 0.15) is 5.82 Å². The van der Waals surface area contributed by atoms with Crippen molar-refractivity contribution < 1.29 is 32.3 Å². The molecular formula is C13H11F4NO3. The molecule has 114 valence electrons. The summed E-state index contributed by atoms with van der Waals surface area (Å²) in [5, 5.41) is 9.19. The Balaban J connectivity index is 2.46. The number of alkyl halides is 3. The summed E-state index contributed by atoms with van der Waals surface area (Å²) < 4.78 is 51.3. The normalized spacial score (nSPS) is 16.4. The van der Waals surface area contributed by atoms with E-state index in [2.05, 4.69) is 0 Å². The highest BCUT2D eigenvalue weighted by molar-refractivity contribution is 5.78. The number of hydrogen-bond acceptors (Lipinski definition) is 2. The van der Waals surface area contributed by atoms with Gasteiger partial charge in [-0.3, -0.25) is 4.79 Å². The molecule has 1 unspecified atom stereocenters. The van der Waals surface area contributed by atoms with Gasteiger partial charge in [0.2, 0.25) is 6.41 Å². The Morgan fingerprint density at radius 1 is 1.38 bits per heavy atom. The van der Waals surface area contributed by atoms with E-state index in [-0.39, 0.29) is 11.6 Å². The van der Waals surface area contributed by atoms with Gasteiger partial charge < -0.3 is 10.0 Å². The number of rotatable bonds is 5. The summed E-state index contributed by atoms with van der Waals surface area (Å²) >= 11 is 0. The zero-order valence-electron chi connectivity index (χ0n) is 10.6. The lowest BCUT2D eigenvalue weighted by molar-refractivity contribution is -0.147. The minimum atomic E-state index is -4.94. The molecule has 21 heavy (non-hydrogen) atoms. The van der Waals surface area contributed by atoms with Gasteiger partial charge in [0.25, 0.3) is 0 Å². The molecule has 1 atom stereocenters. The molecule has 0 aromatic heterocycles. The quantitative estimate of drug-likeness (QED) is 0.672. The van der Waals surface area contributed by atoms with E-state index < -0.39 is 29.6 Å². The number of benzene rings is 1. The Labute approximate surface area is 117 Å². The van der Waals surface area contributed by atoms with Gasteiger partial charge in [-0.25, -0.2) is 9.18 Å². The van der Waals surface area contributed by atoms with Crippen molar-refractivity contribution in [3.8, 4) is 0 Å².